The van der Waals surface area contributed by atoms with E-state index in [4.69, 9.17) is 9.84 Å². The standard InChI is InChI=1S/C9H14N2O5/c1-2-16-5-8(13)11-4-7(12)10-3-6(11)9(14)15/h6H,2-5H2,1H3,(H,10,12)(H,14,15). The van der Waals surface area contributed by atoms with Crippen LogP contribution in [0.1, 0.15) is 6.92 Å². The first-order valence-electron chi connectivity index (χ1n) is 4.93. The number of carboxylic acids is 1. The van der Waals surface area contributed by atoms with Gasteiger partial charge < -0.3 is 20.1 Å². The third-order valence-electron chi connectivity index (χ3n) is 2.22. The van der Waals surface area contributed by atoms with E-state index >= 15 is 0 Å². The molecule has 7 nitrogen and oxygen atoms in total. The Balaban J connectivity index is 2.67. The van der Waals surface area contributed by atoms with Gasteiger partial charge in [-0.15, -0.1) is 0 Å². The van der Waals surface area contributed by atoms with Gasteiger partial charge in [-0.2, -0.15) is 0 Å². The van der Waals surface area contributed by atoms with Crippen molar-refractivity contribution in [2.45, 2.75) is 13.0 Å². The van der Waals surface area contributed by atoms with Gasteiger partial charge in [0.25, 0.3) is 0 Å². The van der Waals surface area contributed by atoms with Crippen molar-refractivity contribution in [3.8, 4) is 0 Å². The second kappa shape index (κ2) is 5.45. The van der Waals surface area contributed by atoms with Gasteiger partial charge in [0.2, 0.25) is 11.8 Å². The number of nitrogens with zero attached hydrogens (tertiary/aromatic N) is 1. The summed E-state index contributed by atoms with van der Waals surface area (Å²) in [5.41, 5.74) is 0. The van der Waals surface area contributed by atoms with Gasteiger partial charge in [-0.25, -0.2) is 4.79 Å². The summed E-state index contributed by atoms with van der Waals surface area (Å²) < 4.78 is 4.90. The molecule has 1 rings (SSSR count). The van der Waals surface area contributed by atoms with Gasteiger partial charge in [-0.3, -0.25) is 9.59 Å². The number of aliphatic carboxylic acids is 1. The molecule has 0 bridgehead atoms. The molecule has 2 N–H and O–H groups in total. The van der Waals surface area contributed by atoms with E-state index in [2.05, 4.69) is 5.32 Å². The molecule has 0 saturated carbocycles. The number of rotatable bonds is 4. The Morgan fingerprint density at radius 2 is 2.31 bits per heavy atom. The van der Waals surface area contributed by atoms with Gasteiger partial charge in [0, 0.05) is 13.2 Å². The summed E-state index contributed by atoms with van der Waals surface area (Å²) in [7, 11) is 0. The highest BCUT2D eigenvalue weighted by Crippen LogP contribution is 2.05. The molecule has 1 aliphatic heterocycles. The number of carbonyl (C=O) groups excluding carboxylic acids is 2. The first kappa shape index (κ1) is 12.4. The van der Waals surface area contributed by atoms with Crippen LogP contribution in [0.2, 0.25) is 0 Å². The molecular formula is C9H14N2O5. The average Bonchev–Trinajstić information content (AvgIpc) is 2.25. The van der Waals surface area contributed by atoms with Crippen molar-refractivity contribution in [2.75, 3.05) is 26.3 Å². The van der Waals surface area contributed by atoms with Crippen LogP contribution in [-0.4, -0.2) is 60.1 Å². The lowest BCUT2D eigenvalue weighted by molar-refractivity contribution is -0.155. The SMILES string of the molecule is CCOCC(=O)N1CC(=O)NCC1C(=O)O. The minimum absolute atomic E-state index is 0.0635. The smallest absolute Gasteiger partial charge is 0.328 e. The van der Waals surface area contributed by atoms with Crippen molar-refractivity contribution in [1.29, 1.82) is 0 Å². The third-order valence-corrected chi connectivity index (χ3v) is 2.22. The summed E-state index contributed by atoms with van der Waals surface area (Å²) in [6, 6.07) is -1.01. The van der Waals surface area contributed by atoms with Crippen molar-refractivity contribution in [2.24, 2.45) is 0 Å². The number of piperazine rings is 1. The fraction of sp³-hybridized carbons (Fsp3) is 0.667. The van der Waals surface area contributed by atoms with E-state index in [1.165, 1.54) is 0 Å². The van der Waals surface area contributed by atoms with Crippen molar-refractivity contribution >= 4 is 17.8 Å². The van der Waals surface area contributed by atoms with Gasteiger partial charge in [0.1, 0.15) is 19.2 Å². The second-order valence-corrected chi connectivity index (χ2v) is 3.32. The quantitative estimate of drug-likeness (QED) is 0.608. The van der Waals surface area contributed by atoms with Gasteiger partial charge in [0.05, 0.1) is 0 Å². The van der Waals surface area contributed by atoms with E-state index in [1.807, 2.05) is 0 Å². The van der Waals surface area contributed by atoms with E-state index < -0.39 is 17.9 Å². The maximum Gasteiger partial charge on any atom is 0.328 e. The summed E-state index contributed by atoms with van der Waals surface area (Å²) >= 11 is 0. The lowest BCUT2D eigenvalue weighted by atomic mass is 10.2. The number of nitrogens with one attached hydrogen (secondary N) is 1. The number of carboxylic acid groups (broad SMARTS) is 1. The third kappa shape index (κ3) is 2.93. The summed E-state index contributed by atoms with van der Waals surface area (Å²) in [6.07, 6.45) is 0. The zero-order valence-electron chi connectivity index (χ0n) is 8.93. The molecule has 1 fully saturated rings. The first-order chi connectivity index (χ1) is 7.56. The predicted molar refractivity (Wildman–Crippen MR) is 52.6 cm³/mol. The molecule has 0 aromatic heterocycles. The highest BCUT2D eigenvalue weighted by molar-refractivity contribution is 5.91. The number of hydrogen-bond acceptors (Lipinski definition) is 4. The van der Waals surface area contributed by atoms with Crippen molar-refractivity contribution in [3.05, 3.63) is 0 Å². The number of carbonyl (C=O) groups is 3. The summed E-state index contributed by atoms with van der Waals surface area (Å²) in [4.78, 5) is 34.5. The molecule has 1 aliphatic rings. The molecular weight excluding hydrogens is 216 g/mol. The van der Waals surface area contributed by atoms with Crippen molar-refractivity contribution in [1.82, 2.24) is 10.2 Å². The van der Waals surface area contributed by atoms with Crippen LogP contribution in [0.25, 0.3) is 0 Å². The molecule has 0 aromatic carbocycles. The Labute approximate surface area is 92.4 Å². The van der Waals surface area contributed by atoms with Crippen LogP contribution in [0, 0.1) is 0 Å². The second-order valence-electron chi connectivity index (χ2n) is 3.32. The van der Waals surface area contributed by atoms with Crippen LogP contribution in [-0.2, 0) is 19.1 Å². The largest absolute Gasteiger partial charge is 0.480 e. The average molecular weight is 230 g/mol. The van der Waals surface area contributed by atoms with Crippen LogP contribution < -0.4 is 5.32 Å². The molecule has 1 saturated heterocycles. The van der Waals surface area contributed by atoms with Crippen molar-refractivity contribution in [3.63, 3.8) is 0 Å². The molecule has 1 unspecified atom stereocenters. The fourth-order valence-electron chi connectivity index (χ4n) is 1.40. The van der Waals surface area contributed by atoms with Crippen molar-refractivity contribution < 1.29 is 24.2 Å². The topological polar surface area (TPSA) is 95.9 Å². The van der Waals surface area contributed by atoms with Crippen LogP contribution >= 0.6 is 0 Å². The Morgan fingerprint density at radius 1 is 1.62 bits per heavy atom. The zero-order valence-corrected chi connectivity index (χ0v) is 8.93. The maximum atomic E-state index is 11.6. The van der Waals surface area contributed by atoms with E-state index in [0.717, 1.165) is 4.90 Å². The fourth-order valence-corrected chi connectivity index (χ4v) is 1.40. The normalized spacial score (nSPS) is 20.4. The maximum absolute atomic E-state index is 11.6. The van der Waals surface area contributed by atoms with Crippen LogP contribution in [0.3, 0.4) is 0 Å². The van der Waals surface area contributed by atoms with Crippen LogP contribution in [0.4, 0.5) is 0 Å². The van der Waals surface area contributed by atoms with E-state index in [-0.39, 0.29) is 25.6 Å². The lowest BCUT2D eigenvalue weighted by Gasteiger charge is -2.32. The van der Waals surface area contributed by atoms with E-state index in [0.29, 0.717) is 6.61 Å². The lowest BCUT2D eigenvalue weighted by Crippen LogP contribution is -2.60. The highest BCUT2D eigenvalue weighted by Gasteiger charge is 2.34. The van der Waals surface area contributed by atoms with Gasteiger partial charge >= 0.3 is 5.97 Å². The first-order valence-corrected chi connectivity index (χ1v) is 4.93. The van der Waals surface area contributed by atoms with E-state index in [9.17, 15) is 14.4 Å². The van der Waals surface area contributed by atoms with Gasteiger partial charge in [0.15, 0.2) is 0 Å². The van der Waals surface area contributed by atoms with Crippen LogP contribution in [0.15, 0.2) is 0 Å². The van der Waals surface area contributed by atoms with Gasteiger partial charge in [-0.05, 0) is 6.92 Å². The number of hydrogen-bond donors (Lipinski definition) is 2. The van der Waals surface area contributed by atoms with Crippen LogP contribution in [0.5, 0.6) is 0 Å². The molecule has 0 spiro atoms. The Morgan fingerprint density at radius 3 is 2.88 bits per heavy atom. The minimum Gasteiger partial charge on any atom is -0.480 e. The molecule has 90 valence electrons. The molecule has 1 atom stereocenters. The monoisotopic (exact) mass is 230 g/mol. The minimum atomic E-state index is -1.13. The molecule has 0 radical (unpaired) electrons. The summed E-state index contributed by atoms with van der Waals surface area (Å²) in [5, 5.41) is 11.3. The number of amides is 2. The van der Waals surface area contributed by atoms with Gasteiger partial charge in [-0.1, -0.05) is 0 Å². The zero-order chi connectivity index (χ0) is 12.1. The molecule has 16 heavy (non-hydrogen) atoms. The molecule has 7 heteroatoms. The Kier molecular flexibility index (Phi) is 4.24. The Bertz CT molecular complexity index is 304. The summed E-state index contributed by atoms with van der Waals surface area (Å²) in [6.45, 7) is 1.59. The number of ether oxygens (including phenoxy) is 1. The molecule has 1 heterocycles. The van der Waals surface area contributed by atoms with E-state index in [1.54, 1.807) is 6.92 Å². The molecule has 0 aromatic rings. The molecule has 0 aliphatic carbocycles. The highest BCUT2D eigenvalue weighted by atomic mass is 16.5. The molecule has 2 amide bonds. The Hall–Kier alpha value is -1.63. The predicted octanol–water partition coefficient (Wildman–Crippen LogP) is -1.57. The summed E-state index contributed by atoms with van der Waals surface area (Å²) in [5.74, 6) is -1.98.